The first kappa shape index (κ1) is 15.9. The minimum atomic E-state index is -4.35. The van der Waals surface area contributed by atoms with Crippen molar-refractivity contribution in [2.24, 2.45) is 5.73 Å². The van der Waals surface area contributed by atoms with E-state index in [1.165, 1.54) is 18.2 Å². The SMILES string of the molecule is NCc1cc(F)ccc1CN(CCO)CC(F)(F)F. The molecule has 0 spiro atoms. The molecule has 108 valence electrons. The highest BCUT2D eigenvalue weighted by Gasteiger charge is 2.30. The molecule has 0 radical (unpaired) electrons. The molecule has 0 heterocycles. The molecule has 3 nitrogen and oxygen atoms in total. The van der Waals surface area contributed by atoms with E-state index < -0.39 is 18.5 Å². The standard InChI is InChI=1S/C12H16F4N2O/c13-11-2-1-9(10(5-11)6-17)7-18(3-4-19)8-12(14,15)16/h1-2,5,19H,3-4,6-8,17H2. The molecular formula is C12H16F4N2O. The molecule has 1 rings (SSSR count). The monoisotopic (exact) mass is 280 g/mol. The van der Waals surface area contributed by atoms with Gasteiger partial charge in [0.25, 0.3) is 0 Å². The van der Waals surface area contributed by atoms with E-state index in [0.29, 0.717) is 11.1 Å². The van der Waals surface area contributed by atoms with Gasteiger partial charge in [-0.3, -0.25) is 4.90 Å². The number of nitrogens with two attached hydrogens (primary N) is 1. The third-order valence-corrected chi connectivity index (χ3v) is 2.60. The molecule has 0 atom stereocenters. The second kappa shape index (κ2) is 6.83. The first-order valence-corrected chi connectivity index (χ1v) is 5.73. The molecule has 1 aromatic carbocycles. The molecule has 0 fully saturated rings. The summed E-state index contributed by atoms with van der Waals surface area (Å²) in [5.41, 5.74) is 6.43. The van der Waals surface area contributed by atoms with Crippen molar-refractivity contribution in [1.82, 2.24) is 4.90 Å². The van der Waals surface area contributed by atoms with E-state index in [0.717, 1.165) is 4.90 Å². The fourth-order valence-corrected chi connectivity index (χ4v) is 1.79. The molecule has 0 aliphatic carbocycles. The van der Waals surface area contributed by atoms with Crippen LogP contribution in [-0.4, -0.2) is 35.9 Å². The van der Waals surface area contributed by atoms with Gasteiger partial charge in [-0.15, -0.1) is 0 Å². The first-order chi connectivity index (χ1) is 8.85. The Morgan fingerprint density at radius 2 is 1.89 bits per heavy atom. The lowest BCUT2D eigenvalue weighted by atomic mass is 10.1. The molecule has 1 aromatic rings. The van der Waals surface area contributed by atoms with Crippen molar-refractivity contribution in [2.75, 3.05) is 19.7 Å². The topological polar surface area (TPSA) is 49.5 Å². The average molecular weight is 280 g/mol. The Hall–Kier alpha value is -1.18. The lowest BCUT2D eigenvalue weighted by molar-refractivity contribution is -0.148. The maximum absolute atomic E-state index is 13.0. The van der Waals surface area contributed by atoms with E-state index >= 15 is 0 Å². The number of hydrogen-bond donors (Lipinski definition) is 2. The predicted octanol–water partition coefficient (Wildman–Crippen LogP) is 1.64. The smallest absolute Gasteiger partial charge is 0.395 e. The van der Waals surface area contributed by atoms with Crippen molar-refractivity contribution < 1.29 is 22.7 Å². The van der Waals surface area contributed by atoms with Crippen LogP contribution in [0.15, 0.2) is 18.2 Å². The third-order valence-electron chi connectivity index (χ3n) is 2.60. The number of benzene rings is 1. The summed E-state index contributed by atoms with van der Waals surface area (Å²) < 4.78 is 50.1. The number of aliphatic hydroxyl groups excluding tert-OH is 1. The van der Waals surface area contributed by atoms with Crippen LogP contribution in [0.1, 0.15) is 11.1 Å². The van der Waals surface area contributed by atoms with Gasteiger partial charge in [0, 0.05) is 19.6 Å². The second-order valence-electron chi connectivity index (χ2n) is 4.17. The second-order valence-corrected chi connectivity index (χ2v) is 4.17. The van der Waals surface area contributed by atoms with E-state index in [9.17, 15) is 17.6 Å². The highest BCUT2D eigenvalue weighted by Crippen LogP contribution is 2.19. The Bertz CT molecular complexity index is 409. The number of rotatable bonds is 6. The van der Waals surface area contributed by atoms with Crippen molar-refractivity contribution in [3.8, 4) is 0 Å². The first-order valence-electron chi connectivity index (χ1n) is 5.73. The largest absolute Gasteiger partial charge is 0.401 e. The molecule has 0 amide bonds. The summed E-state index contributed by atoms with van der Waals surface area (Å²) >= 11 is 0. The predicted molar refractivity (Wildman–Crippen MR) is 62.7 cm³/mol. The van der Waals surface area contributed by atoms with Crippen LogP contribution in [0, 0.1) is 5.82 Å². The molecule has 19 heavy (non-hydrogen) atoms. The molecule has 0 aromatic heterocycles. The summed E-state index contributed by atoms with van der Waals surface area (Å²) in [5, 5.41) is 8.79. The van der Waals surface area contributed by atoms with Gasteiger partial charge in [0.2, 0.25) is 0 Å². The van der Waals surface area contributed by atoms with E-state index in [-0.39, 0.29) is 26.2 Å². The molecule has 0 unspecified atom stereocenters. The molecule has 0 saturated heterocycles. The van der Waals surface area contributed by atoms with Crippen LogP contribution in [0.5, 0.6) is 0 Å². The van der Waals surface area contributed by atoms with Gasteiger partial charge in [0.15, 0.2) is 0 Å². The summed E-state index contributed by atoms with van der Waals surface area (Å²) in [6.45, 7) is -1.61. The van der Waals surface area contributed by atoms with Crippen LogP contribution in [0.3, 0.4) is 0 Å². The minimum absolute atomic E-state index is 0.0348. The van der Waals surface area contributed by atoms with Crippen molar-refractivity contribution in [3.05, 3.63) is 35.1 Å². The van der Waals surface area contributed by atoms with Gasteiger partial charge in [-0.1, -0.05) is 6.07 Å². The third kappa shape index (κ3) is 5.54. The zero-order valence-corrected chi connectivity index (χ0v) is 10.3. The quantitative estimate of drug-likeness (QED) is 0.779. The number of halogens is 4. The molecular weight excluding hydrogens is 264 g/mol. The Kier molecular flexibility index (Phi) is 5.71. The average Bonchev–Trinajstić information content (AvgIpc) is 2.29. The van der Waals surface area contributed by atoms with Crippen LogP contribution in [0.25, 0.3) is 0 Å². The lowest BCUT2D eigenvalue weighted by Crippen LogP contribution is -2.36. The minimum Gasteiger partial charge on any atom is -0.395 e. The van der Waals surface area contributed by atoms with Crippen molar-refractivity contribution >= 4 is 0 Å². The number of aliphatic hydroxyl groups is 1. The normalized spacial score (nSPS) is 12.2. The maximum atomic E-state index is 13.0. The van der Waals surface area contributed by atoms with Gasteiger partial charge in [-0.05, 0) is 23.3 Å². The van der Waals surface area contributed by atoms with E-state index in [1.807, 2.05) is 0 Å². The maximum Gasteiger partial charge on any atom is 0.401 e. The Labute approximate surface area is 108 Å². The zero-order chi connectivity index (χ0) is 14.5. The van der Waals surface area contributed by atoms with E-state index in [2.05, 4.69) is 0 Å². The van der Waals surface area contributed by atoms with Gasteiger partial charge in [0.1, 0.15) is 5.82 Å². The van der Waals surface area contributed by atoms with Crippen LogP contribution in [-0.2, 0) is 13.1 Å². The fraction of sp³-hybridized carbons (Fsp3) is 0.500. The molecule has 0 bridgehead atoms. The van der Waals surface area contributed by atoms with Gasteiger partial charge < -0.3 is 10.8 Å². The molecule has 3 N–H and O–H groups in total. The highest BCUT2D eigenvalue weighted by atomic mass is 19.4. The van der Waals surface area contributed by atoms with Gasteiger partial charge >= 0.3 is 6.18 Å². The lowest BCUT2D eigenvalue weighted by Gasteiger charge is -2.23. The summed E-state index contributed by atoms with van der Waals surface area (Å²) in [5.74, 6) is -0.478. The van der Waals surface area contributed by atoms with Crippen LogP contribution < -0.4 is 5.73 Å². The van der Waals surface area contributed by atoms with Crippen LogP contribution >= 0.6 is 0 Å². The van der Waals surface area contributed by atoms with Crippen molar-refractivity contribution in [1.29, 1.82) is 0 Å². The fourth-order valence-electron chi connectivity index (χ4n) is 1.79. The number of hydrogen-bond acceptors (Lipinski definition) is 3. The van der Waals surface area contributed by atoms with E-state index in [4.69, 9.17) is 10.8 Å². The molecule has 0 aliphatic heterocycles. The number of nitrogens with zero attached hydrogens (tertiary/aromatic N) is 1. The highest BCUT2D eigenvalue weighted by molar-refractivity contribution is 5.27. The molecule has 0 saturated carbocycles. The van der Waals surface area contributed by atoms with Crippen LogP contribution in [0.4, 0.5) is 17.6 Å². The van der Waals surface area contributed by atoms with Crippen molar-refractivity contribution in [2.45, 2.75) is 19.3 Å². The van der Waals surface area contributed by atoms with Gasteiger partial charge in [-0.25, -0.2) is 4.39 Å². The summed E-state index contributed by atoms with van der Waals surface area (Å²) in [6.07, 6.45) is -4.35. The summed E-state index contributed by atoms with van der Waals surface area (Å²) in [7, 11) is 0. The van der Waals surface area contributed by atoms with E-state index in [1.54, 1.807) is 0 Å². The molecule has 7 heteroatoms. The zero-order valence-electron chi connectivity index (χ0n) is 10.3. The Morgan fingerprint density at radius 3 is 2.42 bits per heavy atom. The Morgan fingerprint density at radius 1 is 1.21 bits per heavy atom. The van der Waals surface area contributed by atoms with Crippen molar-refractivity contribution in [3.63, 3.8) is 0 Å². The number of alkyl halides is 3. The summed E-state index contributed by atoms with van der Waals surface area (Å²) in [6, 6.07) is 3.80. The summed E-state index contributed by atoms with van der Waals surface area (Å²) in [4.78, 5) is 1.05. The van der Waals surface area contributed by atoms with Gasteiger partial charge in [0.05, 0.1) is 13.2 Å². The molecule has 0 aliphatic rings. The van der Waals surface area contributed by atoms with Gasteiger partial charge in [-0.2, -0.15) is 13.2 Å². The van der Waals surface area contributed by atoms with Crippen LogP contribution in [0.2, 0.25) is 0 Å². The Balaban J connectivity index is 2.84.